The Morgan fingerprint density at radius 2 is 0.934 bits per heavy atom. The maximum Gasteiger partial charge on any atom is 0.297 e. The lowest BCUT2D eigenvalue weighted by Gasteiger charge is -2.46. The summed E-state index contributed by atoms with van der Waals surface area (Å²) >= 11 is 0. The molecule has 76 heavy (non-hydrogen) atoms. The van der Waals surface area contributed by atoms with Crippen LogP contribution in [0, 0.1) is 27.7 Å². The molecule has 5 aliphatic rings. The van der Waals surface area contributed by atoms with Crippen molar-refractivity contribution in [1.29, 1.82) is 0 Å². The molecule has 0 unspecified atom stereocenters. The average molecular weight is 999 g/mol. The molecule has 2 aliphatic heterocycles. The first-order valence-electron chi connectivity index (χ1n) is 28.7. The summed E-state index contributed by atoms with van der Waals surface area (Å²) in [5.74, 6) is 0. The van der Waals surface area contributed by atoms with E-state index in [-0.39, 0.29) is 39.2 Å². The number of hydrogen-bond donors (Lipinski definition) is 0. The number of rotatable bonds is 4. The van der Waals surface area contributed by atoms with Gasteiger partial charge in [0.2, 0.25) is 0 Å². The van der Waals surface area contributed by atoms with Crippen LogP contribution in [-0.4, -0.2) is 6.71 Å². The highest BCUT2D eigenvalue weighted by atomic mass is 16.3. The van der Waals surface area contributed by atoms with Gasteiger partial charge in [-0.15, -0.1) is 0 Å². The van der Waals surface area contributed by atoms with Gasteiger partial charge in [0.15, 0.2) is 0 Å². The van der Waals surface area contributed by atoms with Gasteiger partial charge in [-0.1, -0.05) is 149 Å². The highest BCUT2D eigenvalue weighted by Crippen LogP contribution is 2.56. The van der Waals surface area contributed by atoms with Crippen molar-refractivity contribution in [2.24, 2.45) is 0 Å². The van der Waals surface area contributed by atoms with Crippen LogP contribution in [0.5, 0.6) is 0 Å². The molecule has 0 saturated carbocycles. The molecule has 3 heterocycles. The normalized spacial score (nSPS) is 19.6. The molecule has 13 rings (SSSR count). The van der Waals surface area contributed by atoms with Crippen molar-refractivity contribution < 1.29 is 4.42 Å². The van der Waals surface area contributed by atoms with E-state index in [1.807, 2.05) is 0 Å². The van der Waals surface area contributed by atoms with Gasteiger partial charge < -0.3 is 14.2 Å². The van der Waals surface area contributed by atoms with Gasteiger partial charge in [-0.05, 0) is 231 Å². The summed E-state index contributed by atoms with van der Waals surface area (Å²) in [5.41, 5.74) is 31.1. The second-order valence-corrected chi connectivity index (χ2v) is 28.4. The Kier molecular flexibility index (Phi) is 10.5. The average Bonchev–Trinajstić information content (AvgIpc) is 3.95. The minimum Gasteiger partial charge on any atom is -0.468 e. The minimum absolute atomic E-state index is 0.00294. The molecule has 0 radical (unpaired) electrons. The second kappa shape index (κ2) is 16.2. The van der Waals surface area contributed by atoms with Crippen molar-refractivity contribution in [1.82, 2.24) is 0 Å². The van der Waals surface area contributed by atoms with Gasteiger partial charge in [0, 0.05) is 33.7 Å². The number of aryl methyl sites for hydroxylation is 4. The van der Waals surface area contributed by atoms with E-state index in [2.05, 4.69) is 236 Å². The van der Waals surface area contributed by atoms with Gasteiger partial charge in [0.25, 0.3) is 6.71 Å². The molecule has 7 aromatic carbocycles. The molecule has 0 bridgehead atoms. The summed E-state index contributed by atoms with van der Waals surface area (Å²) < 4.78 is 7.76. The number of anilines is 6. The zero-order chi connectivity index (χ0) is 53.6. The first kappa shape index (κ1) is 49.3. The number of hydrogen-bond acceptors (Lipinski definition) is 3. The van der Waals surface area contributed by atoms with Gasteiger partial charge in [-0.2, -0.15) is 0 Å². The Morgan fingerprint density at radius 3 is 1.54 bits per heavy atom. The summed E-state index contributed by atoms with van der Waals surface area (Å²) in [4.78, 5) is 5.36. The Labute approximate surface area is 455 Å². The third kappa shape index (κ3) is 7.20. The summed E-state index contributed by atoms with van der Waals surface area (Å²) in [7, 11) is 0. The van der Waals surface area contributed by atoms with E-state index in [0.29, 0.717) is 0 Å². The largest absolute Gasteiger partial charge is 0.468 e. The molecule has 8 aromatic rings. The molecule has 386 valence electrons. The van der Waals surface area contributed by atoms with E-state index < -0.39 is 0 Å². The van der Waals surface area contributed by atoms with Crippen molar-refractivity contribution >= 4 is 68.4 Å². The zero-order valence-corrected chi connectivity index (χ0v) is 48.6. The standard InChI is InChI=1S/C72H79BN2O/c1-42-32-44(3)63(45(4)33-42)47-22-25-57-59(36-47)75(58-40-55-53(69(9,10)28-30-71(55,13)14)38-49(58)46-20-18-17-19-21-46)61-35-43(2)34-60-64(61)73(57)66-65(50-39-54-56(41-62(50)76-66)72(15,16)31-29-70(54,11)12)74(60)48-23-24-51-52(37-48)68(7,8)27-26-67(51,5)6/h17-25,32-41H,26-31H2,1-16H3. The molecule has 0 spiro atoms. The van der Waals surface area contributed by atoms with Crippen LogP contribution in [0.25, 0.3) is 33.2 Å². The van der Waals surface area contributed by atoms with Gasteiger partial charge in [0.1, 0.15) is 5.58 Å². The monoisotopic (exact) mass is 999 g/mol. The lowest BCUT2D eigenvalue weighted by atomic mass is 9.35. The Hall–Kier alpha value is -6.26. The maximum absolute atomic E-state index is 7.76. The highest BCUT2D eigenvalue weighted by Gasteiger charge is 2.50. The number of furan rings is 1. The quantitative estimate of drug-likeness (QED) is 0.164. The van der Waals surface area contributed by atoms with E-state index in [1.165, 1.54) is 135 Å². The fraction of sp³-hybridized carbons (Fsp3) is 0.389. The smallest absolute Gasteiger partial charge is 0.297 e. The molecule has 3 nitrogen and oxygen atoms in total. The van der Waals surface area contributed by atoms with E-state index in [0.717, 1.165) is 43.3 Å². The predicted molar refractivity (Wildman–Crippen MR) is 326 cm³/mol. The van der Waals surface area contributed by atoms with Crippen LogP contribution in [0.2, 0.25) is 0 Å². The van der Waals surface area contributed by atoms with Crippen molar-refractivity contribution in [3.8, 4) is 22.3 Å². The van der Waals surface area contributed by atoms with Gasteiger partial charge in [-0.3, -0.25) is 0 Å². The highest BCUT2D eigenvalue weighted by molar-refractivity contribution is 7.00. The second-order valence-electron chi connectivity index (χ2n) is 28.4. The summed E-state index contributed by atoms with van der Waals surface area (Å²) in [6.07, 6.45) is 6.94. The molecular weight excluding hydrogens is 920 g/mol. The van der Waals surface area contributed by atoms with Crippen LogP contribution in [-0.2, 0) is 32.5 Å². The van der Waals surface area contributed by atoms with Crippen LogP contribution < -0.4 is 26.4 Å². The molecule has 0 N–H and O–H groups in total. The molecule has 0 atom stereocenters. The number of benzene rings is 7. The Balaban J connectivity index is 1.17. The van der Waals surface area contributed by atoms with Crippen LogP contribution in [0.3, 0.4) is 0 Å². The Morgan fingerprint density at radius 1 is 0.421 bits per heavy atom. The van der Waals surface area contributed by atoms with Crippen molar-refractivity contribution in [3.63, 3.8) is 0 Å². The third-order valence-electron chi connectivity index (χ3n) is 20.1. The molecule has 0 amide bonds. The first-order chi connectivity index (χ1) is 35.8. The van der Waals surface area contributed by atoms with E-state index >= 15 is 0 Å². The molecular formula is C72H79BN2O. The van der Waals surface area contributed by atoms with Crippen LogP contribution >= 0.6 is 0 Å². The van der Waals surface area contributed by atoms with E-state index in [1.54, 1.807) is 0 Å². The SMILES string of the molecule is Cc1cc(C)c(-c2ccc3c(c2)N(c2cc4c(cc2-c2ccccc2)C(C)(C)CCC4(C)C)c2cc(C)cc4c2B3c2oc3cc5c(cc3c2N4c2ccc3c(c2)C(C)(C)CCC3(C)C)C(C)(C)CCC5(C)C)c(C)c1. The summed E-state index contributed by atoms with van der Waals surface area (Å²) in [6.45, 7) is 38.5. The predicted octanol–water partition coefficient (Wildman–Crippen LogP) is 18.1. The van der Waals surface area contributed by atoms with Crippen molar-refractivity contribution in [2.75, 3.05) is 9.80 Å². The van der Waals surface area contributed by atoms with E-state index in [9.17, 15) is 0 Å². The van der Waals surface area contributed by atoms with Crippen LogP contribution in [0.4, 0.5) is 34.1 Å². The van der Waals surface area contributed by atoms with E-state index in [4.69, 9.17) is 4.42 Å². The van der Waals surface area contributed by atoms with Gasteiger partial charge in [0.05, 0.1) is 17.0 Å². The lowest BCUT2D eigenvalue weighted by Crippen LogP contribution is -2.61. The zero-order valence-electron chi connectivity index (χ0n) is 48.6. The fourth-order valence-corrected chi connectivity index (χ4v) is 15.3. The van der Waals surface area contributed by atoms with Crippen molar-refractivity contribution in [2.45, 2.75) is 182 Å². The Bertz CT molecular complexity index is 3760. The summed E-state index contributed by atoms with van der Waals surface area (Å²) in [5, 5.41) is 1.21. The minimum atomic E-state index is -0.163. The topological polar surface area (TPSA) is 19.6 Å². The molecule has 0 saturated heterocycles. The molecule has 0 fully saturated rings. The van der Waals surface area contributed by atoms with Gasteiger partial charge in [-0.25, -0.2) is 0 Å². The lowest BCUT2D eigenvalue weighted by molar-refractivity contribution is 0.332. The number of nitrogens with zero attached hydrogens (tertiary/aromatic N) is 2. The molecule has 4 heteroatoms. The van der Waals surface area contributed by atoms with Crippen LogP contribution in [0.15, 0.2) is 120 Å². The van der Waals surface area contributed by atoms with Crippen LogP contribution in [0.1, 0.15) is 177 Å². The fourth-order valence-electron chi connectivity index (χ4n) is 15.3. The summed E-state index contributed by atoms with van der Waals surface area (Å²) in [6, 6.07) is 46.1. The first-order valence-corrected chi connectivity index (χ1v) is 28.7. The molecule has 1 aromatic heterocycles. The maximum atomic E-state index is 7.76. The third-order valence-corrected chi connectivity index (χ3v) is 20.1. The molecule has 3 aliphatic carbocycles. The van der Waals surface area contributed by atoms with Crippen molar-refractivity contribution in [3.05, 3.63) is 171 Å². The number of fused-ring (bicyclic) bond motifs is 9. The van der Waals surface area contributed by atoms with Gasteiger partial charge >= 0.3 is 0 Å².